The van der Waals surface area contributed by atoms with E-state index in [-0.39, 0.29) is 11.2 Å². The van der Waals surface area contributed by atoms with Gasteiger partial charge in [0, 0.05) is 12.8 Å². The Hall–Kier alpha value is -0.530. The molecule has 1 atom stereocenters. The van der Waals surface area contributed by atoms with Gasteiger partial charge in [-0.1, -0.05) is 63.0 Å². The quantitative estimate of drug-likeness (QED) is 0.746. The van der Waals surface area contributed by atoms with Crippen molar-refractivity contribution in [1.82, 2.24) is 0 Å². The standard InChI is InChI=1S/C15H20Cl2O/c1-10(15(2,3)4)8-12(18)9-11-6-5-7-13(16)14(11)17/h5-7,10H,8-9H2,1-4H3. The van der Waals surface area contributed by atoms with Gasteiger partial charge in [-0.05, 0) is 23.0 Å². The molecule has 3 heteroatoms. The molecule has 0 saturated heterocycles. The summed E-state index contributed by atoms with van der Waals surface area (Å²) in [6.45, 7) is 8.56. The maximum atomic E-state index is 12.0. The van der Waals surface area contributed by atoms with E-state index in [0.717, 1.165) is 5.56 Å². The summed E-state index contributed by atoms with van der Waals surface area (Å²) in [5.41, 5.74) is 0.962. The molecule has 0 fully saturated rings. The number of Topliss-reactive ketones (excluding diaryl/α,β-unsaturated/α-hetero) is 1. The van der Waals surface area contributed by atoms with Gasteiger partial charge < -0.3 is 0 Å². The molecule has 0 saturated carbocycles. The molecule has 0 aliphatic rings. The van der Waals surface area contributed by atoms with Crippen LogP contribution in [0.2, 0.25) is 10.0 Å². The fourth-order valence-electron chi connectivity index (χ4n) is 1.62. The summed E-state index contributed by atoms with van der Waals surface area (Å²) >= 11 is 12.0. The lowest BCUT2D eigenvalue weighted by Gasteiger charge is -2.26. The average molecular weight is 287 g/mol. The first-order valence-electron chi connectivity index (χ1n) is 6.16. The summed E-state index contributed by atoms with van der Waals surface area (Å²) in [5.74, 6) is 0.560. The maximum absolute atomic E-state index is 12.0. The predicted molar refractivity (Wildman–Crippen MR) is 78.4 cm³/mol. The van der Waals surface area contributed by atoms with Crippen molar-refractivity contribution in [2.45, 2.75) is 40.5 Å². The lowest BCUT2D eigenvalue weighted by atomic mass is 9.79. The van der Waals surface area contributed by atoms with Crippen LogP contribution in [0.1, 0.15) is 39.7 Å². The molecule has 1 aromatic carbocycles. The van der Waals surface area contributed by atoms with Crippen LogP contribution in [0.3, 0.4) is 0 Å². The van der Waals surface area contributed by atoms with Gasteiger partial charge in [0.05, 0.1) is 10.0 Å². The molecule has 100 valence electrons. The Morgan fingerprint density at radius 1 is 1.28 bits per heavy atom. The Balaban J connectivity index is 2.69. The number of ketones is 1. The molecular weight excluding hydrogens is 267 g/mol. The normalized spacial score (nSPS) is 13.4. The van der Waals surface area contributed by atoms with E-state index in [2.05, 4.69) is 27.7 Å². The first-order valence-corrected chi connectivity index (χ1v) is 6.92. The van der Waals surface area contributed by atoms with E-state index in [9.17, 15) is 4.79 Å². The van der Waals surface area contributed by atoms with Gasteiger partial charge in [-0.15, -0.1) is 0 Å². The van der Waals surface area contributed by atoms with Crippen LogP contribution < -0.4 is 0 Å². The third-order valence-corrected chi connectivity index (χ3v) is 4.29. The number of carbonyl (C=O) groups excluding carboxylic acids is 1. The maximum Gasteiger partial charge on any atom is 0.137 e. The van der Waals surface area contributed by atoms with Gasteiger partial charge in [-0.2, -0.15) is 0 Å². The van der Waals surface area contributed by atoms with Crippen molar-refractivity contribution in [2.75, 3.05) is 0 Å². The SMILES string of the molecule is CC(CC(=O)Cc1cccc(Cl)c1Cl)C(C)(C)C. The summed E-state index contributed by atoms with van der Waals surface area (Å²) < 4.78 is 0. The van der Waals surface area contributed by atoms with Crippen molar-refractivity contribution in [1.29, 1.82) is 0 Å². The van der Waals surface area contributed by atoms with Crippen molar-refractivity contribution >= 4 is 29.0 Å². The van der Waals surface area contributed by atoms with Crippen LogP contribution in [0.15, 0.2) is 18.2 Å². The highest BCUT2D eigenvalue weighted by molar-refractivity contribution is 6.42. The topological polar surface area (TPSA) is 17.1 Å². The fraction of sp³-hybridized carbons (Fsp3) is 0.533. The molecule has 18 heavy (non-hydrogen) atoms. The highest BCUT2D eigenvalue weighted by Gasteiger charge is 2.22. The van der Waals surface area contributed by atoms with Crippen LogP contribution in [0.4, 0.5) is 0 Å². The molecule has 0 aromatic heterocycles. The summed E-state index contributed by atoms with van der Waals surface area (Å²) in [6, 6.07) is 5.41. The van der Waals surface area contributed by atoms with Gasteiger partial charge in [-0.25, -0.2) is 0 Å². The second kappa shape index (κ2) is 6.08. The van der Waals surface area contributed by atoms with E-state index in [0.29, 0.717) is 28.8 Å². The lowest BCUT2D eigenvalue weighted by molar-refractivity contribution is -0.120. The van der Waals surface area contributed by atoms with E-state index in [1.54, 1.807) is 6.07 Å². The highest BCUT2D eigenvalue weighted by atomic mass is 35.5. The number of benzene rings is 1. The van der Waals surface area contributed by atoms with Gasteiger partial charge in [0.25, 0.3) is 0 Å². The molecule has 0 bridgehead atoms. The van der Waals surface area contributed by atoms with Gasteiger partial charge in [0.2, 0.25) is 0 Å². The van der Waals surface area contributed by atoms with E-state index < -0.39 is 0 Å². The summed E-state index contributed by atoms with van der Waals surface area (Å²) in [4.78, 5) is 12.0. The average Bonchev–Trinajstić information content (AvgIpc) is 2.23. The summed E-state index contributed by atoms with van der Waals surface area (Å²) in [7, 11) is 0. The van der Waals surface area contributed by atoms with Crippen LogP contribution in [-0.2, 0) is 11.2 Å². The van der Waals surface area contributed by atoms with E-state index in [1.807, 2.05) is 12.1 Å². The van der Waals surface area contributed by atoms with Gasteiger partial charge in [0.15, 0.2) is 0 Å². The highest BCUT2D eigenvalue weighted by Crippen LogP contribution is 2.30. The molecule has 1 aromatic rings. The van der Waals surface area contributed by atoms with Crippen molar-refractivity contribution in [3.8, 4) is 0 Å². The molecule has 1 nitrogen and oxygen atoms in total. The smallest absolute Gasteiger partial charge is 0.137 e. The van der Waals surface area contributed by atoms with E-state index in [1.165, 1.54) is 0 Å². The Kier molecular flexibility index (Phi) is 5.24. The third kappa shape index (κ3) is 4.29. The van der Waals surface area contributed by atoms with Crippen molar-refractivity contribution in [3.05, 3.63) is 33.8 Å². The molecule has 0 aliphatic carbocycles. The van der Waals surface area contributed by atoms with Crippen molar-refractivity contribution in [2.24, 2.45) is 11.3 Å². The van der Waals surface area contributed by atoms with Crippen molar-refractivity contribution in [3.63, 3.8) is 0 Å². The molecule has 0 N–H and O–H groups in total. The number of rotatable bonds is 4. The van der Waals surface area contributed by atoms with Crippen LogP contribution in [-0.4, -0.2) is 5.78 Å². The minimum Gasteiger partial charge on any atom is -0.299 e. The Morgan fingerprint density at radius 2 is 1.89 bits per heavy atom. The number of hydrogen-bond donors (Lipinski definition) is 0. The fourth-order valence-corrected chi connectivity index (χ4v) is 2.00. The lowest BCUT2D eigenvalue weighted by Crippen LogP contribution is -2.21. The van der Waals surface area contributed by atoms with E-state index >= 15 is 0 Å². The molecular formula is C15H20Cl2O. The first kappa shape index (κ1) is 15.5. The molecule has 1 rings (SSSR count). The van der Waals surface area contributed by atoms with E-state index in [4.69, 9.17) is 23.2 Å². The number of carbonyl (C=O) groups is 1. The molecule has 0 heterocycles. The number of hydrogen-bond acceptors (Lipinski definition) is 1. The molecule has 0 spiro atoms. The second-order valence-electron chi connectivity index (χ2n) is 5.90. The molecule has 0 amide bonds. The second-order valence-corrected chi connectivity index (χ2v) is 6.68. The van der Waals surface area contributed by atoms with Gasteiger partial charge >= 0.3 is 0 Å². The Morgan fingerprint density at radius 3 is 2.44 bits per heavy atom. The summed E-state index contributed by atoms with van der Waals surface area (Å²) in [5, 5.41) is 1.00. The van der Waals surface area contributed by atoms with Crippen LogP contribution in [0.25, 0.3) is 0 Å². The minimum atomic E-state index is 0.147. The zero-order valence-corrected chi connectivity index (χ0v) is 12.9. The summed E-state index contributed by atoms with van der Waals surface area (Å²) in [6.07, 6.45) is 0.937. The molecule has 1 unspecified atom stereocenters. The zero-order valence-electron chi connectivity index (χ0n) is 11.4. The minimum absolute atomic E-state index is 0.147. The Bertz CT molecular complexity index is 433. The molecule has 0 radical (unpaired) electrons. The van der Waals surface area contributed by atoms with Crippen LogP contribution in [0.5, 0.6) is 0 Å². The first-order chi connectivity index (χ1) is 8.21. The molecule has 0 aliphatic heterocycles. The third-order valence-electron chi connectivity index (χ3n) is 3.43. The Labute approximate surface area is 119 Å². The van der Waals surface area contributed by atoms with Crippen molar-refractivity contribution < 1.29 is 4.79 Å². The monoisotopic (exact) mass is 286 g/mol. The van der Waals surface area contributed by atoms with Gasteiger partial charge in [0.1, 0.15) is 5.78 Å². The zero-order chi connectivity index (χ0) is 13.9. The van der Waals surface area contributed by atoms with Gasteiger partial charge in [-0.3, -0.25) is 4.79 Å². The van der Waals surface area contributed by atoms with Crippen LogP contribution >= 0.6 is 23.2 Å². The largest absolute Gasteiger partial charge is 0.299 e. The number of halogens is 2. The van der Waals surface area contributed by atoms with Crippen LogP contribution in [0, 0.1) is 11.3 Å². The predicted octanol–water partition coefficient (Wildman–Crippen LogP) is 5.18.